The molecule has 0 unspecified atom stereocenters. The fraction of sp³-hybridized carbons (Fsp3) is 0.375. The lowest BCUT2D eigenvalue weighted by atomic mass is 9.83. The van der Waals surface area contributed by atoms with E-state index in [-0.39, 0.29) is 35.3 Å². The minimum atomic E-state index is -0.373. The number of benzene rings is 2. The number of hydrogen-bond acceptors (Lipinski definition) is 6. The normalized spacial score (nSPS) is 19.4. The van der Waals surface area contributed by atoms with Gasteiger partial charge in [-0.3, -0.25) is 14.4 Å². The van der Waals surface area contributed by atoms with E-state index in [4.69, 9.17) is 16.3 Å². The van der Waals surface area contributed by atoms with Gasteiger partial charge in [-0.2, -0.15) is 0 Å². The van der Waals surface area contributed by atoms with Gasteiger partial charge < -0.3 is 29.3 Å². The van der Waals surface area contributed by atoms with Gasteiger partial charge in [-0.15, -0.1) is 0 Å². The summed E-state index contributed by atoms with van der Waals surface area (Å²) in [5, 5.41) is 3.37. The number of anilines is 2. The van der Waals surface area contributed by atoms with E-state index in [1.54, 1.807) is 59.2 Å². The molecular weight excluding hydrogens is 570 g/mol. The second-order valence-corrected chi connectivity index (χ2v) is 11.7. The molecule has 3 aliphatic heterocycles. The van der Waals surface area contributed by atoms with Crippen LogP contribution in [0.3, 0.4) is 0 Å². The lowest BCUT2D eigenvalue weighted by Gasteiger charge is -2.44. The van der Waals surface area contributed by atoms with Crippen LogP contribution in [0.2, 0.25) is 5.02 Å². The first-order chi connectivity index (χ1) is 20.8. The molecule has 1 N–H and O–H groups in total. The van der Waals surface area contributed by atoms with Crippen LogP contribution in [0, 0.1) is 5.92 Å². The van der Waals surface area contributed by atoms with E-state index >= 15 is 0 Å². The van der Waals surface area contributed by atoms with E-state index in [1.165, 1.54) is 0 Å². The minimum absolute atomic E-state index is 0.0271. The number of nitrogens with one attached hydrogen (secondary N) is 1. The van der Waals surface area contributed by atoms with Crippen molar-refractivity contribution in [2.45, 2.75) is 25.8 Å². The topological polar surface area (TPSA) is 104 Å². The summed E-state index contributed by atoms with van der Waals surface area (Å²) in [6.07, 6.45) is 0.623. The third kappa shape index (κ3) is 5.84. The molecule has 2 aromatic carbocycles. The molecule has 43 heavy (non-hydrogen) atoms. The summed E-state index contributed by atoms with van der Waals surface area (Å²) >= 11 is 6.34. The van der Waals surface area contributed by atoms with Crippen LogP contribution in [0.15, 0.2) is 65.5 Å². The third-order valence-electron chi connectivity index (χ3n) is 8.52. The number of nitrogens with zero attached hydrogens (tertiary/aromatic N) is 4. The molecule has 224 valence electrons. The zero-order valence-corrected chi connectivity index (χ0v) is 24.8. The molecule has 1 aromatic heterocycles. The lowest BCUT2D eigenvalue weighted by Crippen LogP contribution is -2.50. The van der Waals surface area contributed by atoms with E-state index < -0.39 is 0 Å². The first-order valence-electron chi connectivity index (χ1n) is 14.7. The number of ether oxygens (including phenoxy) is 1. The molecule has 3 aromatic rings. The fourth-order valence-corrected chi connectivity index (χ4v) is 6.68. The van der Waals surface area contributed by atoms with Crippen LogP contribution in [-0.2, 0) is 11.3 Å². The average Bonchev–Trinajstić information content (AvgIpc) is 3.01. The second-order valence-electron chi connectivity index (χ2n) is 11.2. The maximum atomic E-state index is 13.6. The Labute approximate surface area is 254 Å². The SMILES string of the molecule is CCOC(=O)N1CCN(C(=O)c2ccc(N3C[C@H]4C[C@@H](C3)c3cccc(=O)n3C4)c(NC(=O)c3ccccc3Cl)c2)CC1. The van der Waals surface area contributed by atoms with Gasteiger partial charge in [-0.25, -0.2) is 4.79 Å². The summed E-state index contributed by atoms with van der Waals surface area (Å²) in [6.45, 7) is 5.66. The second kappa shape index (κ2) is 12.1. The fourth-order valence-electron chi connectivity index (χ4n) is 6.46. The highest BCUT2D eigenvalue weighted by Gasteiger charge is 2.36. The van der Waals surface area contributed by atoms with Crippen molar-refractivity contribution in [3.63, 3.8) is 0 Å². The number of piperazine rings is 1. The van der Waals surface area contributed by atoms with Crippen LogP contribution < -0.4 is 15.8 Å². The summed E-state index contributed by atoms with van der Waals surface area (Å²) < 4.78 is 6.98. The number of aromatic nitrogens is 1. The molecule has 2 fully saturated rings. The number of carbonyl (C=O) groups excluding carboxylic acids is 3. The molecule has 0 saturated carbocycles. The summed E-state index contributed by atoms with van der Waals surface area (Å²) in [5.74, 6) is -0.0956. The van der Waals surface area contributed by atoms with Gasteiger partial charge in [0.1, 0.15) is 0 Å². The van der Waals surface area contributed by atoms with Gasteiger partial charge in [0.25, 0.3) is 17.4 Å². The van der Waals surface area contributed by atoms with Gasteiger partial charge in [0.05, 0.1) is 28.6 Å². The predicted molar refractivity (Wildman–Crippen MR) is 164 cm³/mol. The van der Waals surface area contributed by atoms with Crippen LogP contribution in [0.5, 0.6) is 0 Å². The molecule has 3 amide bonds. The van der Waals surface area contributed by atoms with Crippen molar-refractivity contribution in [1.82, 2.24) is 14.4 Å². The first-order valence-corrected chi connectivity index (χ1v) is 15.1. The molecule has 11 heteroatoms. The number of halogens is 1. The van der Waals surface area contributed by atoms with E-state index in [0.29, 0.717) is 67.7 Å². The molecule has 2 saturated heterocycles. The number of amides is 3. The number of fused-ring (bicyclic) bond motifs is 4. The quantitative estimate of drug-likeness (QED) is 0.467. The molecule has 10 nitrogen and oxygen atoms in total. The number of pyridine rings is 1. The molecule has 2 atom stereocenters. The smallest absolute Gasteiger partial charge is 0.409 e. The largest absolute Gasteiger partial charge is 0.450 e. The average molecular weight is 604 g/mol. The summed E-state index contributed by atoms with van der Waals surface area (Å²) in [4.78, 5) is 57.2. The van der Waals surface area contributed by atoms with Gasteiger partial charge in [-0.05, 0) is 55.7 Å². The highest BCUT2D eigenvalue weighted by molar-refractivity contribution is 6.34. The van der Waals surface area contributed by atoms with Crippen molar-refractivity contribution in [3.8, 4) is 0 Å². The molecule has 0 aliphatic carbocycles. The Bertz CT molecular complexity index is 1620. The molecule has 4 heterocycles. The van der Waals surface area contributed by atoms with Crippen molar-refractivity contribution in [1.29, 1.82) is 0 Å². The zero-order valence-electron chi connectivity index (χ0n) is 24.0. The van der Waals surface area contributed by atoms with E-state index in [2.05, 4.69) is 10.2 Å². The van der Waals surface area contributed by atoms with Crippen LogP contribution in [0.1, 0.15) is 45.7 Å². The number of carbonyl (C=O) groups is 3. The molecule has 2 bridgehead atoms. The van der Waals surface area contributed by atoms with E-state index in [1.807, 2.05) is 22.8 Å². The number of piperidine rings is 1. The monoisotopic (exact) mass is 603 g/mol. The Balaban J connectivity index is 1.28. The molecule has 6 rings (SSSR count). The maximum Gasteiger partial charge on any atom is 0.409 e. The van der Waals surface area contributed by atoms with Gasteiger partial charge >= 0.3 is 6.09 Å². The predicted octanol–water partition coefficient (Wildman–Crippen LogP) is 4.29. The van der Waals surface area contributed by atoms with Crippen molar-refractivity contribution in [2.24, 2.45) is 5.92 Å². The highest BCUT2D eigenvalue weighted by Crippen LogP contribution is 2.39. The summed E-state index contributed by atoms with van der Waals surface area (Å²) in [5.41, 5.74) is 3.17. The lowest BCUT2D eigenvalue weighted by molar-refractivity contribution is 0.0570. The molecule has 0 radical (unpaired) electrons. The van der Waals surface area contributed by atoms with E-state index in [9.17, 15) is 19.2 Å². The van der Waals surface area contributed by atoms with Crippen LogP contribution in [0.25, 0.3) is 0 Å². The summed E-state index contributed by atoms with van der Waals surface area (Å²) in [6, 6.07) is 17.7. The highest BCUT2D eigenvalue weighted by atomic mass is 35.5. The Morgan fingerprint density at radius 3 is 2.47 bits per heavy atom. The van der Waals surface area contributed by atoms with Crippen LogP contribution >= 0.6 is 11.6 Å². The van der Waals surface area contributed by atoms with Crippen molar-refractivity contribution in [2.75, 3.05) is 56.1 Å². The molecule has 3 aliphatic rings. The molecular formula is C32H34ClN5O5. The van der Waals surface area contributed by atoms with Gasteiger partial charge in [0, 0.05) is 69.1 Å². The Kier molecular flexibility index (Phi) is 8.12. The number of rotatable bonds is 5. The first kappa shape index (κ1) is 28.8. The van der Waals surface area contributed by atoms with E-state index in [0.717, 1.165) is 24.3 Å². The molecule has 0 spiro atoms. The minimum Gasteiger partial charge on any atom is -0.450 e. The number of hydrogen-bond donors (Lipinski definition) is 1. The van der Waals surface area contributed by atoms with Crippen molar-refractivity contribution >= 4 is 40.9 Å². The van der Waals surface area contributed by atoms with Crippen LogP contribution in [-0.4, -0.2) is 78.1 Å². The third-order valence-corrected chi connectivity index (χ3v) is 8.85. The Morgan fingerprint density at radius 2 is 1.70 bits per heavy atom. The summed E-state index contributed by atoms with van der Waals surface area (Å²) in [7, 11) is 0. The van der Waals surface area contributed by atoms with Crippen LogP contribution in [0.4, 0.5) is 16.2 Å². The van der Waals surface area contributed by atoms with Crippen molar-refractivity contribution < 1.29 is 19.1 Å². The maximum absolute atomic E-state index is 13.6. The van der Waals surface area contributed by atoms with Gasteiger partial charge in [0.15, 0.2) is 0 Å². The zero-order chi connectivity index (χ0) is 30.1. The standard InChI is InChI=1S/C32H34ClN5O5/c1-2-43-32(42)36-14-12-35(13-15-36)31(41)22-10-11-28(26(17-22)34-30(40)24-6-3-4-7-25(24)33)37-18-21-16-23(20-37)27-8-5-9-29(39)38(27)19-21/h3-11,17,21,23H,2,12-16,18-20H2,1H3,(H,34,40)/t21-,23+/m1/s1. The van der Waals surface area contributed by atoms with Gasteiger partial charge in [-0.1, -0.05) is 29.8 Å². The van der Waals surface area contributed by atoms with Gasteiger partial charge in [0.2, 0.25) is 0 Å². The van der Waals surface area contributed by atoms with Crippen molar-refractivity contribution in [3.05, 3.63) is 92.9 Å². The Hall–Kier alpha value is -4.31. The Morgan fingerprint density at radius 1 is 0.930 bits per heavy atom.